The van der Waals surface area contributed by atoms with E-state index in [2.05, 4.69) is 21.9 Å². The molecule has 0 saturated carbocycles. The predicted molar refractivity (Wildman–Crippen MR) is 140 cm³/mol. The molecule has 196 valence electrons. The number of benzene rings is 2. The normalized spacial score (nSPS) is 17.9. The fourth-order valence-electron chi connectivity index (χ4n) is 4.73. The molecular weight excluding hydrogens is 501 g/mol. The van der Waals surface area contributed by atoms with E-state index in [0.29, 0.717) is 19.6 Å². The molecule has 0 N–H and O–H groups in total. The quantitative estimate of drug-likeness (QED) is 0.237. The fourth-order valence-corrected chi connectivity index (χ4v) is 5.24. The largest absolute Gasteiger partial charge is 0.494 e. The topological polar surface area (TPSA) is 40.4 Å². The third-order valence-corrected chi connectivity index (χ3v) is 7.21. The predicted octanol–water partition coefficient (Wildman–Crippen LogP) is 6.03. The highest BCUT2D eigenvalue weighted by Gasteiger charge is 2.49. The molecule has 2 aromatic carbocycles. The molecule has 0 bridgehead atoms. The average molecular weight is 531 g/mol. The number of thiocarbonyl (C=S) groups is 1. The van der Waals surface area contributed by atoms with Crippen molar-refractivity contribution >= 4 is 34.6 Å². The zero-order valence-electron chi connectivity index (χ0n) is 20.8. The number of likely N-dealkylation sites (tertiary alicyclic amines) is 1. The Morgan fingerprint density at radius 1 is 1.11 bits per heavy atom. The van der Waals surface area contributed by atoms with Gasteiger partial charge in [-0.15, -0.1) is 0 Å². The summed E-state index contributed by atoms with van der Waals surface area (Å²) in [7, 11) is 0. The Hall–Kier alpha value is -3.16. The monoisotopic (exact) mass is 530 g/mol. The average Bonchev–Trinajstić information content (AvgIpc) is 3.42. The minimum absolute atomic E-state index is 0.00410. The Morgan fingerprint density at radius 3 is 2.41 bits per heavy atom. The number of carbonyl (C=O) groups is 1. The summed E-state index contributed by atoms with van der Waals surface area (Å²) < 4.78 is 46.3. The third kappa shape index (κ3) is 5.73. The van der Waals surface area contributed by atoms with Gasteiger partial charge in [0.15, 0.2) is 10.8 Å². The van der Waals surface area contributed by atoms with Crippen LogP contribution in [0.2, 0.25) is 0 Å². The molecule has 2 aliphatic rings. The van der Waals surface area contributed by atoms with Crippen molar-refractivity contribution in [2.75, 3.05) is 31.1 Å². The maximum absolute atomic E-state index is 13.5. The number of rotatable bonds is 8. The van der Waals surface area contributed by atoms with Crippen LogP contribution in [0.5, 0.6) is 5.75 Å². The van der Waals surface area contributed by atoms with Gasteiger partial charge in [-0.3, -0.25) is 14.6 Å². The zero-order chi connectivity index (χ0) is 26.8. The van der Waals surface area contributed by atoms with Crippen molar-refractivity contribution in [2.24, 2.45) is 0 Å². The molecule has 0 atom stereocenters. The van der Waals surface area contributed by atoms with Gasteiger partial charge >= 0.3 is 6.18 Å². The number of halogens is 3. The van der Waals surface area contributed by atoms with Gasteiger partial charge in [0, 0.05) is 18.8 Å². The number of alkyl halides is 3. The van der Waals surface area contributed by atoms with Crippen molar-refractivity contribution in [3.8, 4) is 5.75 Å². The van der Waals surface area contributed by atoms with Crippen LogP contribution in [0.3, 0.4) is 0 Å². The van der Waals surface area contributed by atoms with Crippen molar-refractivity contribution in [1.29, 1.82) is 0 Å². The summed E-state index contributed by atoms with van der Waals surface area (Å²) in [6.07, 6.45) is -1.65. The van der Waals surface area contributed by atoms with E-state index in [4.69, 9.17) is 23.5 Å². The minimum Gasteiger partial charge on any atom is -0.494 e. The first-order valence-electron chi connectivity index (χ1n) is 12.2. The summed E-state index contributed by atoms with van der Waals surface area (Å²) in [5.41, 5.74) is -1.41. The highest BCUT2D eigenvalue weighted by molar-refractivity contribution is 7.80. The van der Waals surface area contributed by atoms with E-state index in [1.807, 2.05) is 12.1 Å². The third-order valence-electron chi connectivity index (χ3n) is 6.81. The number of amides is 1. The van der Waals surface area contributed by atoms with Crippen LogP contribution in [-0.2, 0) is 17.5 Å². The lowest BCUT2D eigenvalue weighted by Gasteiger charge is -2.29. The zero-order valence-corrected chi connectivity index (χ0v) is 21.7. The lowest BCUT2D eigenvalue weighted by molar-refractivity contribution is -0.136. The van der Waals surface area contributed by atoms with Crippen LogP contribution < -0.4 is 9.64 Å². The van der Waals surface area contributed by atoms with Crippen LogP contribution in [0.15, 0.2) is 42.5 Å². The van der Waals surface area contributed by atoms with Gasteiger partial charge in [-0.2, -0.15) is 13.2 Å². The van der Waals surface area contributed by atoms with Crippen LogP contribution in [-0.4, -0.2) is 52.6 Å². The first-order chi connectivity index (χ1) is 17.5. The summed E-state index contributed by atoms with van der Waals surface area (Å²) in [4.78, 5) is 21.4. The van der Waals surface area contributed by atoms with Crippen molar-refractivity contribution in [1.82, 2.24) is 9.80 Å². The Kier molecular flexibility index (Phi) is 7.76. The Balaban J connectivity index is 1.37. The summed E-state index contributed by atoms with van der Waals surface area (Å²) in [5, 5.41) is 0.130. The van der Waals surface area contributed by atoms with Gasteiger partial charge in [-0.25, -0.2) is 4.85 Å². The number of nitrogens with zero attached hydrogens (tertiary/aromatic N) is 4. The molecule has 10 heteroatoms. The van der Waals surface area contributed by atoms with Gasteiger partial charge in [-0.05, 0) is 88.2 Å². The summed E-state index contributed by atoms with van der Waals surface area (Å²) >= 11 is 5.53. The highest BCUT2D eigenvalue weighted by Crippen LogP contribution is 2.40. The van der Waals surface area contributed by atoms with Crippen molar-refractivity contribution in [3.05, 3.63) is 65.0 Å². The van der Waals surface area contributed by atoms with E-state index in [0.717, 1.165) is 42.4 Å². The standard InChI is InChI=1S/C27H29F3N4O2S/c1-26(2)24(35)34(20-9-12-23(31-3)22(17-20)27(28,29)30)25(37)33(26)15-6-16-36-21-10-7-19(8-11-21)18-32-13-4-5-14-32/h7-12,17H,4-6,13-16,18H2,1-2H3. The molecule has 6 nitrogen and oxygen atoms in total. The number of ether oxygens (including phenoxy) is 1. The van der Waals surface area contributed by atoms with Crippen LogP contribution in [0.4, 0.5) is 24.5 Å². The molecule has 2 fully saturated rings. The lowest BCUT2D eigenvalue weighted by Crippen LogP contribution is -2.44. The smallest absolute Gasteiger partial charge is 0.407 e. The van der Waals surface area contributed by atoms with Gasteiger partial charge < -0.3 is 9.64 Å². The molecule has 0 radical (unpaired) electrons. The number of hydrogen-bond acceptors (Lipinski definition) is 4. The molecule has 0 aromatic heterocycles. The second-order valence-corrected chi connectivity index (χ2v) is 10.1. The van der Waals surface area contributed by atoms with E-state index in [1.165, 1.54) is 24.5 Å². The molecule has 2 aliphatic heterocycles. The van der Waals surface area contributed by atoms with Gasteiger partial charge in [0.2, 0.25) is 0 Å². The first kappa shape index (κ1) is 26.9. The Labute approximate surface area is 220 Å². The van der Waals surface area contributed by atoms with E-state index in [9.17, 15) is 18.0 Å². The van der Waals surface area contributed by atoms with E-state index >= 15 is 0 Å². The van der Waals surface area contributed by atoms with Gasteiger partial charge in [0.1, 0.15) is 11.3 Å². The second-order valence-electron chi connectivity index (χ2n) is 9.77. The number of hydrogen-bond donors (Lipinski definition) is 0. The molecular formula is C27H29F3N4O2S. The molecule has 0 unspecified atom stereocenters. The summed E-state index contributed by atoms with van der Waals surface area (Å²) in [5.74, 6) is 0.335. The van der Waals surface area contributed by atoms with Crippen LogP contribution >= 0.6 is 12.2 Å². The maximum atomic E-state index is 13.5. The maximum Gasteiger partial charge on any atom is 0.407 e. The fraction of sp³-hybridized carbons (Fsp3) is 0.444. The van der Waals surface area contributed by atoms with Gasteiger partial charge in [0.25, 0.3) is 5.91 Å². The lowest BCUT2D eigenvalue weighted by atomic mass is 10.0. The van der Waals surface area contributed by atoms with Gasteiger partial charge in [0.05, 0.1) is 18.7 Å². The minimum atomic E-state index is -4.72. The van der Waals surface area contributed by atoms with Crippen molar-refractivity contribution in [2.45, 2.75) is 51.4 Å². The molecule has 0 spiro atoms. The second kappa shape index (κ2) is 10.7. The summed E-state index contributed by atoms with van der Waals surface area (Å²) in [6.45, 7) is 14.4. The van der Waals surface area contributed by atoms with Crippen LogP contribution in [0.25, 0.3) is 4.85 Å². The number of anilines is 1. The molecule has 2 saturated heterocycles. The molecule has 37 heavy (non-hydrogen) atoms. The molecule has 2 aromatic rings. The Bertz CT molecular complexity index is 1200. The molecule has 2 heterocycles. The summed E-state index contributed by atoms with van der Waals surface area (Å²) in [6, 6.07) is 11.2. The molecule has 1 amide bonds. The van der Waals surface area contributed by atoms with Crippen molar-refractivity contribution in [3.63, 3.8) is 0 Å². The first-order valence-corrected chi connectivity index (χ1v) is 12.6. The number of carbonyl (C=O) groups excluding carboxylic acids is 1. The van der Waals surface area contributed by atoms with Gasteiger partial charge in [-0.1, -0.05) is 18.2 Å². The van der Waals surface area contributed by atoms with E-state index in [1.54, 1.807) is 18.7 Å². The van der Waals surface area contributed by atoms with Crippen LogP contribution in [0, 0.1) is 6.57 Å². The van der Waals surface area contributed by atoms with Crippen LogP contribution in [0.1, 0.15) is 44.2 Å². The highest BCUT2D eigenvalue weighted by atomic mass is 32.1. The SMILES string of the molecule is [C-]#[N+]c1ccc(N2C(=O)C(C)(C)N(CCCOc3ccc(CN4CCCC4)cc3)C2=S)cc1C(F)(F)F. The van der Waals surface area contributed by atoms with E-state index < -0.39 is 28.9 Å². The Morgan fingerprint density at radius 2 is 1.78 bits per heavy atom. The molecule has 4 rings (SSSR count). The van der Waals surface area contributed by atoms with Crippen molar-refractivity contribution < 1.29 is 22.7 Å². The molecule has 0 aliphatic carbocycles. The van der Waals surface area contributed by atoms with E-state index in [-0.39, 0.29) is 10.8 Å².